The third-order valence-electron chi connectivity index (χ3n) is 9.20. The zero-order valence-electron chi connectivity index (χ0n) is 28.0. The number of pyridine rings is 1. The Kier molecular flexibility index (Phi) is 10.1. The van der Waals surface area contributed by atoms with Crippen molar-refractivity contribution in [2.75, 3.05) is 54.9 Å². The summed E-state index contributed by atoms with van der Waals surface area (Å²) < 4.78 is 6.93. The van der Waals surface area contributed by atoms with E-state index in [-0.39, 0.29) is 23.8 Å². The molecule has 1 aromatic heterocycles. The number of carbonyl (C=O) groups is 3. The number of hydrogen-bond donors (Lipinski definition) is 2. The molecule has 2 N–H and O–H groups in total. The number of nitrogens with zero attached hydrogens (tertiary/aromatic N) is 3. The lowest BCUT2D eigenvalue weighted by Gasteiger charge is -2.27. The number of benzene rings is 3. The maximum absolute atomic E-state index is 13.4. The molecule has 2 saturated heterocycles. The van der Waals surface area contributed by atoms with Crippen LogP contribution in [0.2, 0.25) is 0 Å². The Labute approximate surface area is 286 Å². The first-order chi connectivity index (χ1) is 23.7. The number of morpholine rings is 1. The van der Waals surface area contributed by atoms with Crippen LogP contribution >= 0.6 is 0 Å². The quantitative estimate of drug-likeness (QED) is 0.233. The van der Waals surface area contributed by atoms with Crippen LogP contribution in [-0.4, -0.2) is 66.6 Å². The Morgan fingerprint density at radius 3 is 2.35 bits per heavy atom. The van der Waals surface area contributed by atoms with Crippen molar-refractivity contribution < 1.29 is 19.1 Å². The summed E-state index contributed by atoms with van der Waals surface area (Å²) in [4.78, 5) is 56.3. The Hall–Kier alpha value is -5.48. The van der Waals surface area contributed by atoms with Crippen molar-refractivity contribution in [1.82, 2.24) is 9.47 Å². The Morgan fingerprint density at radius 1 is 0.898 bits per heavy atom. The van der Waals surface area contributed by atoms with Crippen LogP contribution in [0.5, 0.6) is 0 Å². The molecule has 0 radical (unpaired) electrons. The predicted octanol–water partition coefficient (Wildman–Crippen LogP) is 5.40. The Morgan fingerprint density at radius 2 is 1.63 bits per heavy atom. The van der Waals surface area contributed by atoms with Crippen molar-refractivity contribution in [3.63, 3.8) is 0 Å². The monoisotopic (exact) mass is 659 g/mol. The van der Waals surface area contributed by atoms with Crippen LogP contribution in [0.4, 0.5) is 17.1 Å². The third kappa shape index (κ3) is 7.49. The maximum atomic E-state index is 13.4. The van der Waals surface area contributed by atoms with Crippen LogP contribution in [0, 0.1) is 6.92 Å². The molecular weight excluding hydrogens is 618 g/mol. The van der Waals surface area contributed by atoms with Gasteiger partial charge in [-0.1, -0.05) is 24.8 Å². The number of ether oxygens (including phenoxy) is 1. The van der Waals surface area contributed by atoms with Gasteiger partial charge in [0.05, 0.1) is 24.5 Å². The first-order valence-electron chi connectivity index (χ1n) is 16.6. The van der Waals surface area contributed by atoms with E-state index >= 15 is 0 Å². The summed E-state index contributed by atoms with van der Waals surface area (Å²) in [6, 6.07) is 20.6. The highest BCUT2D eigenvalue weighted by molar-refractivity contribution is 6.07. The normalized spacial score (nSPS) is 14.4. The molecule has 3 heterocycles. The smallest absolute Gasteiger partial charge is 0.256 e. The number of aromatic nitrogens is 1. The summed E-state index contributed by atoms with van der Waals surface area (Å²) in [6.45, 7) is 9.42. The molecule has 0 aliphatic carbocycles. The van der Waals surface area contributed by atoms with Crippen LogP contribution in [0.25, 0.3) is 11.1 Å². The molecule has 0 bridgehead atoms. The predicted molar refractivity (Wildman–Crippen MR) is 192 cm³/mol. The van der Waals surface area contributed by atoms with Crippen LogP contribution < -0.4 is 21.1 Å². The van der Waals surface area contributed by atoms with Crippen LogP contribution in [0.3, 0.4) is 0 Å². The van der Waals surface area contributed by atoms with E-state index < -0.39 is 5.91 Å². The summed E-state index contributed by atoms with van der Waals surface area (Å²) >= 11 is 0. The van der Waals surface area contributed by atoms with Crippen molar-refractivity contribution in [2.24, 2.45) is 7.05 Å². The Bertz CT molecular complexity index is 1950. The van der Waals surface area contributed by atoms with Crippen LogP contribution in [-0.2, 0) is 23.0 Å². The average molecular weight is 660 g/mol. The molecule has 0 unspecified atom stereocenters. The van der Waals surface area contributed by atoms with Crippen molar-refractivity contribution in [3.05, 3.63) is 124 Å². The van der Waals surface area contributed by atoms with E-state index in [1.807, 2.05) is 61.5 Å². The molecule has 252 valence electrons. The lowest BCUT2D eigenvalue weighted by Crippen LogP contribution is -2.41. The molecule has 49 heavy (non-hydrogen) atoms. The standard InChI is InChI=1S/C39H41N5O5/c1-4-36(45)40-35-23-27(10-15-33(35)39(48)44-18-20-49-21-19-44)22-29-24-30(25-42(3)38(29)47)32-8-7-9-34(26(32)2)41-37(46)28-11-13-31(14-12-28)43-16-5-6-17-43/h4,7-15,23-25H,1,5-6,16-22H2,2-3H3,(H,40,45)(H,41,46). The number of nitrogens with one attached hydrogen (secondary N) is 2. The fourth-order valence-corrected chi connectivity index (χ4v) is 6.46. The highest BCUT2D eigenvalue weighted by Crippen LogP contribution is 2.30. The lowest BCUT2D eigenvalue weighted by atomic mass is 9.96. The van der Waals surface area contributed by atoms with Gasteiger partial charge in [0.2, 0.25) is 5.91 Å². The number of carbonyl (C=O) groups excluding carboxylic acids is 3. The third-order valence-corrected chi connectivity index (χ3v) is 9.20. The molecule has 0 saturated carbocycles. The van der Waals surface area contributed by atoms with Gasteiger partial charge in [-0.25, -0.2) is 0 Å². The van der Waals surface area contributed by atoms with Gasteiger partial charge in [-0.3, -0.25) is 19.2 Å². The minimum absolute atomic E-state index is 0.159. The van der Waals surface area contributed by atoms with E-state index in [1.165, 1.54) is 12.8 Å². The van der Waals surface area contributed by atoms with Gasteiger partial charge in [0.15, 0.2) is 0 Å². The molecule has 3 amide bonds. The molecule has 10 heteroatoms. The number of aryl methyl sites for hydroxylation is 1. The largest absolute Gasteiger partial charge is 0.378 e. The summed E-state index contributed by atoms with van der Waals surface area (Å²) in [6.07, 6.45) is 5.59. The van der Waals surface area contributed by atoms with Gasteiger partial charge in [-0.05, 0) is 96.6 Å². The molecule has 2 aliphatic heterocycles. The maximum Gasteiger partial charge on any atom is 0.256 e. The van der Waals surface area contributed by atoms with Crippen molar-refractivity contribution in [3.8, 4) is 11.1 Å². The summed E-state index contributed by atoms with van der Waals surface area (Å²) in [5, 5.41) is 5.84. The first kappa shape index (κ1) is 33.4. The SMILES string of the molecule is C=CC(=O)Nc1cc(Cc2cc(-c3cccc(NC(=O)c4ccc(N5CCCC5)cc4)c3C)cn(C)c2=O)ccc1C(=O)N1CCOCC1. The topological polar surface area (TPSA) is 113 Å². The first-order valence-corrected chi connectivity index (χ1v) is 16.6. The van der Waals surface area contributed by atoms with E-state index in [0.717, 1.165) is 47.1 Å². The summed E-state index contributed by atoms with van der Waals surface area (Å²) in [5.74, 6) is -0.828. The molecule has 2 fully saturated rings. The number of rotatable bonds is 9. The second-order valence-electron chi connectivity index (χ2n) is 12.5. The summed E-state index contributed by atoms with van der Waals surface area (Å²) in [7, 11) is 1.71. The molecule has 4 aromatic rings. The van der Waals surface area contributed by atoms with E-state index in [9.17, 15) is 19.2 Å². The highest BCUT2D eigenvalue weighted by Gasteiger charge is 2.23. The number of hydrogen-bond acceptors (Lipinski definition) is 6. The fourth-order valence-electron chi connectivity index (χ4n) is 6.46. The molecule has 10 nitrogen and oxygen atoms in total. The van der Waals surface area contributed by atoms with Crippen molar-refractivity contribution >= 4 is 34.8 Å². The number of anilines is 3. The molecule has 6 rings (SSSR count). The molecular formula is C39H41N5O5. The van der Waals surface area contributed by atoms with Gasteiger partial charge < -0.3 is 29.7 Å². The van der Waals surface area contributed by atoms with E-state index in [2.05, 4.69) is 22.1 Å². The Balaban J connectivity index is 1.25. The van der Waals surface area contributed by atoms with E-state index in [1.54, 1.807) is 34.8 Å². The molecule has 3 aromatic carbocycles. The van der Waals surface area contributed by atoms with Crippen molar-refractivity contribution in [1.29, 1.82) is 0 Å². The van der Waals surface area contributed by atoms with Crippen LogP contribution in [0.1, 0.15) is 50.2 Å². The number of amides is 3. The van der Waals surface area contributed by atoms with Gasteiger partial charge in [0, 0.05) is 68.3 Å². The zero-order valence-corrected chi connectivity index (χ0v) is 28.0. The van der Waals surface area contributed by atoms with Crippen LogP contribution in [0.15, 0.2) is 90.4 Å². The zero-order chi connectivity index (χ0) is 34.5. The van der Waals surface area contributed by atoms with Gasteiger partial charge >= 0.3 is 0 Å². The second-order valence-corrected chi connectivity index (χ2v) is 12.5. The van der Waals surface area contributed by atoms with E-state index in [4.69, 9.17) is 4.74 Å². The fraction of sp³-hybridized carbons (Fsp3) is 0.282. The molecule has 0 atom stereocenters. The van der Waals surface area contributed by atoms with Gasteiger partial charge in [-0.15, -0.1) is 0 Å². The van der Waals surface area contributed by atoms with Gasteiger partial charge in [0.25, 0.3) is 17.4 Å². The minimum atomic E-state index is -0.437. The lowest BCUT2D eigenvalue weighted by molar-refractivity contribution is -0.111. The molecule has 2 aliphatic rings. The minimum Gasteiger partial charge on any atom is -0.378 e. The molecule has 0 spiro atoms. The second kappa shape index (κ2) is 14.7. The summed E-state index contributed by atoms with van der Waals surface area (Å²) in [5.41, 5.74) is 6.82. The van der Waals surface area contributed by atoms with Gasteiger partial charge in [-0.2, -0.15) is 0 Å². The van der Waals surface area contributed by atoms with E-state index in [0.29, 0.717) is 54.4 Å². The highest BCUT2D eigenvalue weighted by atomic mass is 16.5. The average Bonchev–Trinajstić information content (AvgIpc) is 3.67. The van der Waals surface area contributed by atoms with Crippen molar-refractivity contribution in [2.45, 2.75) is 26.2 Å². The van der Waals surface area contributed by atoms with Gasteiger partial charge in [0.1, 0.15) is 0 Å².